The van der Waals surface area contributed by atoms with Crippen molar-refractivity contribution in [2.75, 3.05) is 45.1 Å². The van der Waals surface area contributed by atoms with Crippen LogP contribution < -0.4 is 10.6 Å². The van der Waals surface area contributed by atoms with Crippen LogP contribution in [0, 0.1) is 0 Å². The molecule has 1 aromatic carbocycles. The molecule has 0 bridgehead atoms. The Bertz CT molecular complexity index is 938. The van der Waals surface area contributed by atoms with Crippen molar-refractivity contribution in [1.82, 2.24) is 20.1 Å². The Balaban J connectivity index is 1.41. The highest BCUT2D eigenvalue weighted by Gasteiger charge is 2.24. The Hall–Kier alpha value is -2.76. The van der Waals surface area contributed by atoms with E-state index in [9.17, 15) is 18.0 Å². The van der Waals surface area contributed by atoms with E-state index in [0.717, 1.165) is 5.56 Å². The molecule has 3 rings (SSSR count). The number of sulfonamides is 1. The lowest BCUT2D eigenvalue weighted by molar-refractivity contribution is -0.120. The third-order valence-corrected chi connectivity index (χ3v) is 6.13. The van der Waals surface area contributed by atoms with Gasteiger partial charge in [0.15, 0.2) is 11.5 Å². The molecule has 2 aromatic rings. The van der Waals surface area contributed by atoms with E-state index < -0.39 is 21.8 Å². The highest BCUT2D eigenvalue weighted by atomic mass is 32.2. The van der Waals surface area contributed by atoms with E-state index >= 15 is 0 Å². The van der Waals surface area contributed by atoms with E-state index in [2.05, 4.69) is 15.8 Å². The topological polar surface area (TPSA) is 131 Å². The lowest BCUT2D eigenvalue weighted by Gasteiger charge is -2.26. The SMILES string of the molecule is O=C(CNC(=O)c1cc(-c2ccccc2)on1)NCCS(=O)(=O)N1CCOCC1. The van der Waals surface area contributed by atoms with Crippen molar-refractivity contribution in [3.8, 4) is 11.3 Å². The number of ether oxygens (including phenoxy) is 1. The number of rotatable bonds is 8. The van der Waals surface area contributed by atoms with Crippen molar-refractivity contribution in [2.24, 2.45) is 0 Å². The summed E-state index contributed by atoms with van der Waals surface area (Å²) in [6.45, 7) is 1.02. The minimum Gasteiger partial charge on any atom is -0.379 e. The number of hydrogen-bond donors (Lipinski definition) is 2. The highest BCUT2D eigenvalue weighted by molar-refractivity contribution is 7.89. The van der Waals surface area contributed by atoms with Crippen LogP contribution in [0.25, 0.3) is 11.3 Å². The van der Waals surface area contributed by atoms with E-state index in [-0.39, 0.29) is 24.5 Å². The van der Waals surface area contributed by atoms with Gasteiger partial charge in [-0.2, -0.15) is 4.31 Å². The minimum absolute atomic E-state index is 0.0451. The van der Waals surface area contributed by atoms with Gasteiger partial charge in [0, 0.05) is 31.3 Å². The molecule has 1 fully saturated rings. The van der Waals surface area contributed by atoms with Gasteiger partial charge in [0.25, 0.3) is 5.91 Å². The predicted molar refractivity (Wildman–Crippen MR) is 103 cm³/mol. The zero-order valence-electron chi connectivity index (χ0n) is 15.7. The summed E-state index contributed by atoms with van der Waals surface area (Å²) in [6, 6.07) is 10.7. The number of morpholine rings is 1. The fraction of sp³-hybridized carbons (Fsp3) is 0.389. The number of carbonyl (C=O) groups is 2. The molecule has 11 heteroatoms. The summed E-state index contributed by atoms with van der Waals surface area (Å²) in [7, 11) is -3.45. The second kappa shape index (κ2) is 9.63. The molecule has 0 spiro atoms. The molecular weight excluding hydrogens is 400 g/mol. The molecule has 1 aliphatic heterocycles. The summed E-state index contributed by atoms with van der Waals surface area (Å²) in [5, 5.41) is 8.61. The molecular formula is C18H22N4O6S. The first-order chi connectivity index (χ1) is 14.0. The molecule has 1 saturated heterocycles. The first-order valence-electron chi connectivity index (χ1n) is 9.08. The van der Waals surface area contributed by atoms with E-state index in [0.29, 0.717) is 32.1 Å². The standard InChI is InChI=1S/C18H22N4O6S/c23-17(19-6-11-29(25,26)22-7-9-27-10-8-22)13-20-18(24)15-12-16(28-21-15)14-4-2-1-3-5-14/h1-5,12H,6-11,13H2,(H,19,23)(H,20,24). The summed E-state index contributed by atoms with van der Waals surface area (Å²) in [4.78, 5) is 24.0. The summed E-state index contributed by atoms with van der Waals surface area (Å²) in [5.74, 6) is -0.834. The maximum Gasteiger partial charge on any atom is 0.273 e. The number of nitrogens with zero attached hydrogens (tertiary/aromatic N) is 2. The first kappa shape index (κ1) is 21.0. The molecule has 0 aliphatic carbocycles. The maximum atomic E-state index is 12.2. The van der Waals surface area contributed by atoms with Crippen LogP contribution in [0.4, 0.5) is 0 Å². The predicted octanol–water partition coefficient (Wildman–Crippen LogP) is -0.150. The molecule has 0 atom stereocenters. The van der Waals surface area contributed by atoms with Crippen LogP contribution >= 0.6 is 0 Å². The van der Waals surface area contributed by atoms with Crippen LogP contribution in [0.5, 0.6) is 0 Å². The van der Waals surface area contributed by atoms with Gasteiger partial charge in [0.05, 0.1) is 25.5 Å². The molecule has 1 aromatic heterocycles. The Morgan fingerprint density at radius 1 is 1.10 bits per heavy atom. The Morgan fingerprint density at radius 2 is 1.83 bits per heavy atom. The van der Waals surface area contributed by atoms with Gasteiger partial charge < -0.3 is 19.9 Å². The van der Waals surface area contributed by atoms with Crippen LogP contribution in [-0.4, -0.2) is 74.8 Å². The molecule has 0 radical (unpaired) electrons. The van der Waals surface area contributed by atoms with Gasteiger partial charge in [-0.05, 0) is 0 Å². The van der Waals surface area contributed by atoms with Crippen LogP contribution in [0.3, 0.4) is 0 Å². The lowest BCUT2D eigenvalue weighted by Crippen LogP contribution is -2.44. The zero-order chi connectivity index (χ0) is 20.7. The largest absolute Gasteiger partial charge is 0.379 e. The maximum absolute atomic E-state index is 12.2. The van der Waals surface area contributed by atoms with Crippen molar-refractivity contribution < 1.29 is 27.3 Å². The Kier molecular flexibility index (Phi) is 6.96. The first-order valence-corrected chi connectivity index (χ1v) is 10.7. The van der Waals surface area contributed by atoms with Gasteiger partial charge in [-0.3, -0.25) is 9.59 Å². The molecule has 2 N–H and O–H groups in total. The monoisotopic (exact) mass is 422 g/mol. The van der Waals surface area contributed by atoms with Gasteiger partial charge in [-0.25, -0.2) is 8.42 Å². The molecule has 2 amide bonds. The number of amides is 2. The zero-order valence-corrected chi connectivity index (χ0v) is 16.5. The fourth-order valence-electron chi connectivity index (χ4n) is 2.71. The van der Waals surface area contributed by atoms with Crippen molar-refractivity contribution in [3.05, 3.63) is 42.1 Å². The molecule has 1 aliphatic rings. The normalized spacial score (nSPS) is 15.0. The van der Waals surface area contributed by atoms with Gasteiger partial charge in [0.2, 0.25) is 15.9 Å². The smallest absolute Gasteiger partial charge is 0.273 e. The molecule has 29 heavy (non-hydrogen) atoms. The average Bonchev–Trinajstić information content (AvgIpc) is 3.24. The number of aromatic nitrogens is 1. The average molecular weight is 422 g/mol. The highest BCUT2D eigenvalue weighted by Crippen LogP contribution is 2.19. The van der Waals surface area contributed by atoms with Crippen molar-refractivity contribution in [3.63, 3.8) is 0 Å². The summed E-state index contributed by atoms with van der Waals surface area (Å²) >= 11 is 0. The number of hydrogen-bond acceptors (Lipinski definition) is 7. The lowest BCUT2D eigenvalue weighted by atomic mass is 10.1. The van der Waals surface area contributed by atoms with Gasteiger partial charge >= 0.3 is 0 Å². The Labute approximate surface area is 168 Å². The van der Waals surface area contributed by atoms with Crippen LogP contribution in [0.2, 0.25) is 0 Å². The third kappa shape index (κ3) is 5.86. The van der Waals surface area contributed by atoms with Crippen LogP contribution in [0.15, 0.2) is 40.9 Å². The molecule has 156 valence electrons. The summed E-state index contributed by atoms with van der Waals surface area (Å²) in [5.41, 5.74) is 0.824. The quantitative estimate of drug-likeness (QED) is 0.605. The molecule has 0 unspecified atom stereocenters. The van der Waals surface area contributed by atoms with Crippen molar-refractivity contribution >= 4 is 21.8 Å². The number of carbonyl (C=O) groups excluding carboxylic acids is 2. The fourth-order valence-corrected chi connectivity index (χ4v) is 4.03. The number of nitrogens with one attached hydrogen (secondary N) is 2. The van der Waals surface area contributed by atoms with E-state index in [1.807, 2.05) is 30.3 Å². The van der Waals surface area contributed by atoms with E-state index in [1.54, 1.807) is 0 Å². The van der Waals surface area contributed by atoms with Crippen molar-refractivity contribution in [2.45, 2.75) is 0 Å². The van der Waals surface area contributed by atoms with E-state index in [4.69, 9.17) is 9.26 Å². The summed E-state index contributed by atoms with van der Waals surface area (Å²) < 4.78 is 36.0. The Morgan fingerprint density at radius 3 is 2.55 bits per heavy atom. The minimum atomic E-state index is -3.45. The second-order valence-corrected chi connectivity index (χ2v) is 8.39. The molecule has 10 nitrogen and oxygen atoms in total. The second-order valence-electron chi connectivity index (χ2n) is 6.30. The molecule has 2 heterocycles. The third-order valence-electron chi connectivity index (χ3n) is 4.26. The van der Waals surface area contributed by atoms with Crippen LogP contribution in [-0.2, 0) is 19.6 Å². The van der Waals surface area contributed by atoms with Gasteiger partial charge in [-0.1, -0.05) is 35.5 Å². The van der Waals surface area contributed by atoms with E-state index in [1.165, 1.54) is 10.4 Å². The molecule has 0 saturated carbocycles. The number of benzene rings is 1. The summed E-state index contributed by atoms with van der Waals surface area (Å²) in [6.07, 6.45) is 0. The van der Waals surface area contributed by atoms with Gasteiger partial charge in [0.1, 0.15) is 0 Å². The van der Waals surface area contributed by atoms with Crippen molar-refractivity contribution in [1.29, 1.82) is 0 Å². The van der Waals surface area contributed by atoms with Crippen LogP contribution in [0.1, 0.15) is 10.5 Å². The van der Waals surface area contributed by atoms with Gasteiger partial charge in [-0.15, -0.1) is 0 Å².